The van der Waals surface area contributed by atoms with Crippen LogP contribution in [0, 0.1) is 6.92 Å². The molecule has 20 heavy (non-hydrogen) atoms. The van der Waals surface area contributed by atoms with E-state index < -0.39 is 9.84 Å². The topological polar surface area (TPSA) is 63.4 Å². The summed E-state index contributed by atoms with van der Waals surface area (Å²) in [7, 11) is -0.947. The monoisotopic (exact) mass is 316 g/mol. The average Bonchev–Trinajstić information content (AvgIpc) is 2.75. The van der Waals surface area contributed by atoms with Crippen LogP contribution in [-0.2, 0) is 9.84 Å². The van der Waals surface area contributed by atoms with Gasteiger partial charge in [-0.25, -0.2) is 8.42 Å². The Bertz CT molecular complexity index is 589. The third-order valence-corrected chi connectivity index (χ3v) is 6.24. The molecule has 112 valence electrons. The van der Waals surface area contributed by atoms with E-state index in [-0.39, 0.29) is 23.6 Å². The largest absolute Gasteiger partial charge is 0.329 e. The molecule has 0 spiro atoms. The van der Waals surface area contributed by atoms with Crippen LogP contribution in [0.15, 0.2) is 18.2 Å². The fourth-order valence-corrected chi connectivity index (χ4v) is 4.68. The molecule has 0 saturated carbocycles. The molecule has 1 aliphatic rings. The number of benzene rings is 1. The summed E-state index contributed by atoms with van der Waals surface area (Å²) in [5.41, 5.74) is 7.96. The van der Waals surface area contributed by atoms with E-state index in [2.05, 4.69) is 4.90 Å². The Morgan fingerprint density at radius 3 is 2.70 bits per heavy atom. The fourth-order valence-electron chi connectivity index (χ4n) is 2.70. The normalized spacial score (nSPS) is 23.1. The summed E-state index contributed by atoms with van der Waals surface area (Å²) in [6, 6.07) is 5.94. The second-order valence-electron chi connectivity index (χ2n) is 5.48. The van der Waals surface area contributed by atoms with Crippen molar-refractivity contribution in [3.8, 4) is 0 Å². The lowest BCUT2D eigenvalue weighted by atomic mass is 10.0. The molecule has 0 bridgehead atoms. The van der Waals surface area contributed by atoms with E-state index in [4.69, 9.17) is 17.3 Å². The number of likely N-dealkylation sites (N-methyl/N-ethyl adjacent to an activating group) is 1. The molecule has 1 fully saturated rings. The Labute approximate surface area is 125 Å². The predicted octanol–water partition coefficient (Wildman–Crippen LogP) is 1.77. The van der Waals surface area contributed by atoms with Crippen LogP contribution >= 0.6 is 11.6 Å². The molecular weight excluding hydrogens is 296 g/mol. The van der Waals surface area contributed by atoms with Crippen LogP contribution in [0.2, 0.25) is 5.02 Å². The van der Waals surface area contributed by atoms with Gasteiger partial charge in [0.15, 0.2) is 9.84 Å². The zero-order valence-electron chi connectivity index (χ0n) is 11.8. The van der Waals surface area contributed by atoms with Gasteiger partial charge in [-0.2, -0.15) is 0 Å². The van der Waals surface area contributed by atoms with E-state index in [1.165, 1.54) is 0 Å². The highest BCUT2D eigenvalue weighted by Gasteiger charge is 2.33. The summed E-state index contributed by atoms with van der Waals surface area (Å²) in [5, 5.41) is 0.716. The predicted molar refractivity (Wildman–Crippen MR) is 82.8 cm³/mol. The van der Waals surface area contributed by atoms with Crippen molar-refractivity contribution in [2.45, 2.75) is 25.4 Å². The first-order valence-electron chi connectivity index (χ1n) is 6.72. The molecule has 6 heteroatoms. The standard InChI is InChI=1S/C14H21ClN2O2S/c1-10-3-4-11(7-13(10)15)14(8-16)17(2)12-5-6-20(18,19)9-12/h3-4,7,12,14H,5-6,8-9,16H2,1-2H3. The minimum Gasteiger partial charge on any atom is -0.329 e. The van der Waals surface area contributed by atoms with E-state index in [1.807, 2.05) is 32.2 Å². The van der Waals surface area contributed by atoms with Crippen LogP contribution < -0.4 is 5.73 Å². The lowest BCUT2D eigenvalue weighted by molar-refractivity contribution is 0.192. The lowest BCUT2D eigenvalue weighted by Gasteiger charge is -2.32. The quantitative estimate of drug-likeness (QED) is 0.919. The van der Waals surface area contributed by atoms with Crippen LogP contribution in [-0.4, -0.2) is 44.5 Å². The first kappa shape index (κ1) is 15.8. The van der Waals surface area contributed by atoms with Gasteiger partial charge in [0.25, 0.3) is 0 Å². The number of hydrogen-bond donors (Lipinski definition) is 1. The highest BCUT2D eigenvalue weighted by molar-refractivity contribution is 7.91. The fraction of sp³-hybridized carbons (Fsp3) is 0.571. The van der Waals surface area contributed by atoms with E-state index in [9.17, 15) is 8.42 Å². The molecule has 4 nitrogen and oxygen atoms in total. The molecule has 2 atom stereocenters. The van der Waals surface area contributed by atoms with E-state index in [1.54, 1.807) is 0 Å². The SMILES string of the molecule is Cc1ccc(C(CN)N(C)C2CCS(=O)(=O)C2)cc1Cl. The third kappa shape index (κ3) is 3.34. The minimum atomic E-state index is -2.89. The summed E-state index contributed by atoms with van der Waals surface area (Å²) in [6.07, 6.45) is 0.676. The van der Waals surface area contributed by atoms with Crippen LogP contribution in [0.25, 0.3) is 0 Å². The Kier molecular flexibility index (Phi) is 4.74. The smallest absolute Gasteiger partial charge is 0.151 e. The molecule has 1 saturated heterocycles. The Hall–Kier alpha value is -0.620. The van der Waals surface area contributed by atoms with Crippen molar-refractivity contribution in [1.29, 1.82) is 0 Å². The van der Waals surface area contributed by atoms with Crippen molar-refractivity contribution in [3.63, 3.8) is 0 Å². The molecule has 1 heterocycles. The van der Waals surface area contributed by atoms with E-state index >= 15 is 0 Å². The number of halogens is 1. The highest BCUT2D eigenvalue weighted by Crippen LogP contribution is 2.28. The maximum atomic E-state index is 11.6. The number of hydrogen-bond acceptors (Lipinski definition) is 4. The highest BCUT2D eigenvalue weighted by atomic mass is 35.5. The van der Waals surface area contributed by atoms with Crippen molar-refractivity contribution in [1.82, 2.24) is 4.90 Å². The van der Waals surface area contributed by atoms with Crippen molar-refractivity contribution >= 4 is 21.4 Å². The van der Waals surface area contributed by atoms with Gasteiger partial charge in [0.1, 0.15) is 0 Å². The first-order valence-corrected chi connectivity index (χ1v) is 8.92. The van der Waals surface area contributed by atoms with Gasteiger partial charge in [-0.05, 0) is 37.6 Å². The number of sulfone groups is 1. The number of aryl methyl sites for hydroxylation is 1. The average molecular weight is 317 g/mol. The zero-order valence-corrected chi connectivity index (χ0v) is 13.4. The van der Waals surface area contributed by atoms with Crippen LogP contribution in [0.5, 0.6) is 0 Å². The Morgan fingerprint density at radius 1 is 1.50 bits per heavy atom. The molecule has 1 aromatic rings. The molecule has 2 rings (SSSR count). The summed E-state index contributed by atoms with van der Waals surface area (Å²) in [4.78, 5) is 2.07. The van der Waals surface area contributed by atoms with Gasteiger partial charge < -0.3 is 5.73 Å². The molecule has 1 aliphatic heterocycles. The van der Waals surface area contributed by atoms with Crippen molar-refractivity contribution in [2.24, 2.45) is 5.73 Å². The summed E-state index contributed by atoms with van der Waals surface area (Å²) < 4.78 is 23.2. The van der Waals surface area contributed by atoms with Gasteiger partial charge in [0.2, 0.25) is 0 Å². The van der Waals surface area contributed by atoms with Crippen LogP contribution in [0.1, 0.15) is 23.6 Å². The Balaban J connectivity index is 2.21. The van der Waals surface area contributed by atoms with Gasteiger partial charge in [-0.15, -0.1) is 0 Å². The Morgan fingerprint density at radius 2 is 2.20 bits per heavy atom. The third-order valence-electron chi connectivity index (χ3n) is 4.08. The van der Waals surface area contributed by atoms with Gasteiger partial charge in [0, 0.05) is 23.7 Å². The maximum Gasteiger partial charge on any atom is 0.151 e. The molecule has 1 aromatic carbocycles. The second-order valence-corrected chi connectivity index (χ2v) is 8.12. The molecule has 2 N–H and O–H groups in total. The lowest BCUT2D eigenvalue weighted by Crippen LogP contribution is -2.39. The van der Waals surface area contributed by atoms with Gasteiger partial charge in [-0.3, -0.25) is 4.90 Å². The molecule has 0 radical (unpaired) electrons. The summed E-state index contributed by atoms with van der Waals surface area (Å²) in [6.45, 7) is 2.39. The van der Waals surface area contributed by atoms with Crippen molar-refractivity contribution in [3.05, 3.63) is 34.3 Å². The molecule has 0 aromatic heterocycles. The van der Waals surface area contributed by atoms with Gasteiger partial charge in [0.05, 0.1) is 11.5 Å². The first-order chi connectivity index (χ1) is 9.34. The van der Waals surface area contributed by atoms with E-state index in [0.29, 0.717) is 18.0 Å². The molecule has 0 aliphatic carbocycles. The molecule has 0 amide bonds. The summed E-state index contributed by atoms with van der Waals surface area (Å²) >= 11 is 6.17. The van der Waals surface area contributed by atoms with Crippen molar-refractivity contribution in [2.75, 3.05) is 25.1 Å². The van der Waals surface area contributed by atoms with Gasteiger partial charge >= 0.3 is 0 Å². The maximum absolute atomic E-state index is 11.6. The molecular formula is C14H21ClN2O2S. The zero-order chi connectivity index (χ0) is 14.9. The number of nitrogens with two attached hydrogens (primary N) is 1. The van der Waals surface area contributed by atoms with Crippen molar-refractivity contribution < 1.29 is 8.42 Å². The van der Waals surface area contributed by atoms with Gasteiger partial charge in [-0.1, -0.05) is 23.7 Å². The minimum absolute atomic E-state index is 0.00796. The summed E-state index contributed by atoms with van der Waals surface area (Å²) in [5.74, 6) is 0.494. The number of nitrogens with zero attached hydrogens (tertiary/aromatic N) is 1. The van der Waals surface area contributed by atoms with Crippen LogP contribution in [0.4, 0.5) is 0 Å². The van der Waals surface area contributed by atoms with Crippen LogP contribution in [0.3, 0.4) is 0 Å². The second kappa shape index (κ2) is 6.02. The number of rotatable bonds is 4. The molecule has 2 unspecified atom stereocenters. The van der Waals surface area contributed by atoms with E-state index in [0.717, 1.165) is 11.1 Å².